The summed E-state index contributed by atoms with van der Waals surface area (Å²) < 4.78 is 7.36. The summed E-state index contributed by atoms with van der Waals surface area (Å²) in [6.07, 6.45) is 3.16. The number of anilines is 2. The van der Waals surface area contributed by atoms with E-state index in [1.807, 2.05) is 48.0 Å². The highest BCUT2D eigenvalue weighted by molar-refractivity contribution is 5.95. The van der Waals surface area contributed by atoms with Crippen LogP contribution in [-0.4, -0.2) is 56.9 Å². The molecule has 0 unspecified atom stereocenters. The Labute approximate surface area is 209 Å². The number of nitrogens with one attached hydrogen (secondary N) is 2. The van der Waals surface area contributed by atoms with Gasteiger partial charge in [0.15, 0.2) is 11.6 Å². The summed E-state index contributed by atoms with van der Waals surface area (Å²) in [7, 11) is 1.90. The lowest BCUT2D eigenvalue weighted by Crippen LogP contribution is -2.37. The number of amides is 1. The van der Waals surface area contributed by atoms with Crippen molar-refractivity contribution in [3.8, 4) is 11.5 Å². The summed E-state index contributed by atoms with van der Waals surface area (Å²) in [6.45, 7) is 4.05. The summed E-state index contributed by atoms with van der Waals surface area (Å²) in [5.74, 6) is 1.29. The molecule has 36 heavy (non-hydrogen) atoms. The quantitative estimate of drug-likeness (QED) is 0.393. The molecule has 10 heteroatoms. The van der Waals surface area contributed by atoms with Gasteiger partial charge in [-0.3, -0.25) is 4.79 Å². The Bertz CT molecular complexity index is 1320. The van der Waals surface area contributed by atoms with Crippen molar-refractivity contribution in [3.63, 3.8) is 0 Å². The zero-order valence-corrected chi connectivity index (χ0v) is 20.1. The van der Waals surface area contributed by atoms with Crippen molar-refractivity contribution in [1.29, 1.82) is 0 Å². The smallest absolute Gasteiger partial charge is 0.251 e. The third-order valence-corrected chi connectivity index (χ3v) is 6.13. The van der Waals surface area contributed by atoms with Crippen molar-refractivity contribution in [2.24, 2.45) is 7.05 Å². The van der Waals surface area contributed by atoms with Crippen LogP contribution in [0.1, 0.15) is 21.7 Å². The van der Waals surface area contributed by atoms with Crippen LogP contribution in [0.15, 0.2) is 67.1 Å². The van der Waals surface area contributed by atoms with Gasteiger partial charge in [0.25, 0.3) is 5.91 Å². The number of nitrogens with zero attached hydrogens (tertiary/aromatic N) is 6. The minimum Gasteiger partial charge on any atom is -0.378 e. The van der Waals surface area contributed by atoms with E-state index in [2.05, 4.69) is 47.8 Å². The maximum absolute atomic E-state index is 12.9. The molecule has 0 atom stereocenters. The van der Waals surface area contributed by atoms with E-state index in [0.29, 0.717) is 30.2 Å². The second-order valence-electron chi connectivity index (χ2n) is 8.44. The predicted molar refractivity (Wildman–Crippen MR) is 136 cm³/mol. The van der Waals surface area contributed by atoms with E-state index >= 15 is 0 Å². The molecule has 1 saturated heterocycles. The van der Waals surface area contributed by atoms with Gasteiger partial charge in [0, 0.05) is 49.8 Å². The largest absolute Gasteiger partial charge is 0.378 e. The number of morpholine rings is 1. The first kappa shape index (κ1) is 23.4. The fourth-order valence-electron chi connectivity index (χ4n) is 4.16. The zero-order valence-electron chi connectivity index (χ0n) is 20.1. The Balaban J connectivity index is 1.21. The molecule has 2 N–H and O–H groups in total. The number of hydrogen-bond acceptors (Lipinski definition) is 8. The van der Waals surface area contributed by atoms with Gasteiger partial charge in [-0.2, -0.15) is 0 Å². The van der Waals surface area contributed by atoms with Gasteiger partial charge < -0.3 is 24.8 Å². The second-order valence-corrected chi connectivity index (χ2v) is 8.44. The predicted octanol–water partition coefficient (Wildman–Crippen LogP) is 2.65. The number of aromatic nitrogens is 5. The maximum Gasteiger partial charge on any atom is 0.251 e. The summed E-state index contributed by atoms with van der Waals surface area (Å²) in [6, 6.07) is 17.4. The minimum atomic E-state index is -0.125. The van der Waals surface area contributed by atoms with Crippen molar-refractivity contribution in [1.82, 2.24) is 30.0 Å². The highest BCUT2D eigenvalue weighted by Crippen LogP contribution is 2.22. The van der Waals surface area contributed by atoms with Gasteiger partial charge in [-0.15, -0.1) is 10.2 Å². The highest BCUT2D eigenvalue weighted by Gasteiger charge is 2.16. The number of ether oxygens (including phenoxy) is 1. The number of benzene rings is 2. The first-order valence-corrected chi connectivity index (χ1v) is 11.9. The lowest BCUT2D eigenvalue weighted by atomic mass is 10.1. The fourth-order valence-corrected chi connectivity index (χ4v) is 4.16. The molecule has 3 heterocycles. The van der Waals surface area contributed by atoms with Crippen LogP contribution < -0.4 is 15.5 Å². The van der Waals surface area contributed by atoms with Gasteiger partial charge in [-0.1, -0.05) is 24.3 Å². The van der Waals surface area contributed by atoms with Gasteiger partial charge in [-0.25, -0.2) is 9.97 Å². The third kappa shape index (κ3) is 5.33. The van der Waals surface area contributed by atoms with Gasteiger partial charge in [0.2, 0.25) is 0 Å². The Kier molecular flexibility index (Phi) is 7.13. The molecular formula is C26H28N8O2. The molecular weight excluding hydrogens is 456 g/mol. The first-order chi connectivity index (χ1) is 17.7. The van der Waals surface area contributed by atoms with E-state index in [9.17, 15) is 4.79 Å². The van der Waals surface area contributed by atoms with E-state index in [-0.39, 0.29) is 5.91 Å². The van der Waals surface area contributed by atoms with Gasteiger partial charge in [0.05, 0.1) is 19.8 Å². The van der Waals surface area contributed by atoms with Crippen molar-refractivity contribution >= 4 is 17.3 Å². The van der Waals surface area contributed by atoms with E-state index < -0.39 is 0 Å². The van der Waals surface area contributed by atoms with Crippen molar-refractivity contribution < 1.29 is 9.53 Å². The minimum absolute atomic E-state index is 0.125. The molecule has 4 aromatic rings. The Hall–Kier alpha value is -4.31. The molecule has 0 bridgehead atoms. The molecule has 1 aliphatic heterocycles. The molecule has 5 rings (SSSR count). The molecule has 1 aliphatic rings. The van der Waals surface area contributed by atoms with E-state index in [4.69, 9.17) is 4.74 Å². The summed E-state index contributed by atoms with van der Waals surface area (Å²) in [5, 5.41) is 14.9. The Morgan fingerprint density at radius 2 is 1.89 bits per heavy atom. The number of hydrogen-bond donors (Lipinski definition) is 2. The van der Waals surface area contributed by atoms with Crippen LogP contribution in [0.25, 0.3) is 11.5 Å². The van der Waals surface area contributed by atoms with Crippen LogP contribution in [0.3, 0.4) is 0 Å². The van der Waals surface area contributed by atoms with Crippen LogP contribution in [0, 0.1) is 0 Å². The molecule has 0 saturated carbocycles. The second kappa shape index (κ2) is 11.0. The van der Waals surface area contributed by atoms with Crippen LogP contribution in [0.4, 0.5) is 11.4 Å². The van der Waals surface area contributed by atoms with E-state index in [0.717, 1.165) is 49.1 Å². The lowest BCUT2D eigenvalue weighted by Gasteiger charge is -2.30. The van der Waals surface area contributed by atoms with Crippen molar-refractivity contribution in [3.05, 3.63) is 84.1 Å². The Morgan fingerprint density at radius 1 is 1.03 bits per heavy atom. The van der Waals surface area contributed by atoms with E-state index in [1.165, 1.54) is 6.33 Å². The lowest BCUT2D eigenvalue weighted by molar-refractivity contribution is 0.0950. The van der Waals surface area contributed by atoms with Crippen molar-refractivity contribution in [2.75, 3.05) is 36.5 Å². The SMILES string of the molecule is Cn1c(CNc2cccc(C(=O)NCc3ccccc3N3CCOCC3)c2)nnc1-c1ccncn1. The normalized spacial score (nSPS) is 13.4. The van der Waals surface area contributed by atoms with Crippen LogP contribution in [0.5, 0.6) is 0 Å². The standard InChI is InChI=1S/C26H28N8O2/c1-33-24(31-32-25(33)22-9-10-27-18-30-22)17-28-21-7-4-6-19(15-21)26(35)29-16-20-5-2-3-8-23(20)34-11-13-36-14-12-34/h2-10,15,18,28H,11-14,16-17H2,1H3,(H,29,35). The average Bonchev–Trinajstić information content (AvgIpc) is 3.31. The number of carbonyl (C=O) groups excluding carboxylic acids is 1. The average molecular weight is 485 g/mol. The molecule has 0 aliphatic carbocycles. The molecule has 0 radical (unpaired) electrons. The van der Waals surface area contributed by atoms with Gasteiger partial charge in [-0.05, 0) is 35.9 Å². The molecule has 1 fully saturated rings. The van der Waals surface area contributed by atoms with E-state index in [1.54, 1.807) is 12.3 Å². The van der Waals surface area contributed by atoms with Crippen LogP contribution >= 0.6 is 0 Å². The van der Waals surface area contributed by atoms with Crippen LogP contribution in [-0.2, 0) is 24.9 Å². The molecule has 2 aromatic heterocycles. The third-order valence-electron chi connectivity index (χ3n) is 6.13. The summed E-state index contributed by atoms with van der Waals surface area (Å²) in [4.78, 5) is 23.4. The van der Waals surface area contributed by atoms with Crippen LogP contribution in [0.2, 0.25) is 0 Å². The number of para-hydroxylation sites is 1. The number of carbonyl (C=O) groups is 1. The molecule has 2 aromatic carbocycles. The van der Waals surface area contributed by atoms with Gasteiger partial charge in [0.1, 0.15) is 12.0 Å². The zero-order chi connectivity index (χ0) is 24.7. The molecule has 184 valence electrons. The monoisotopic (exact) mass is 484 g/mol. The first-order valence-electron chi connectivity index (χ1n) is 11.9. The maximum atomic E-state index is 12.9. The molecule has 0 spiro atoms. The highest BCUT2D eigenvalue weighted by atomic mass is 16.5. The molecule has 1 amide bonds. The summed E-state index contributed by atoms with van der Waals surface area (Å²) >= 11 is 0. The van der Waals surface area contributed by atoms with Gasteiger partial charge >= 0.3 is 0 Å². The fraction of sp³-hybridized carbons (Fsp3) is 0.269. The van der Waals surface area contributed by atoms with Crippen molar-refractivity contribution in [2.45, 2.75) is 13.1 Å². The number of rotatable bonds is 8. The molecule has 10 nitrogen and oxygen atoms in total. The summed E-state index contributed by atoms with van der Waals surface area (Å²) in [5.41, 5.74) is 4.34. The topological polar surface area (TPSA) is 110 Å². The Morgan fingerprint density at radius 3 is 2.72 bits per heavy atom.